The Kier molecular flexibility index (Phi) is 10.4. The molecular weight excluding hydrogens is 505 g/mol. The zero-order valence-electron chi connectivity index (χ0n) is 24.7. The molecule has 0 amide bonds. The minimum absolute atomic E-state index is 0.0549. The first kappa shape index (κ1) is 30.6. The van der Waals surface area contributed by atoms with Crippen molar-refractivity contribution in [3.05, 3.63) is 65.7 Å². The van der Waals surface area contributed by atoms with Crippen molar-refractivity contribution >= 4 is 21.2 Å². The molecule has 1 aromatic heterocycles. The van der Waals surface area contributed by atoms with E-state index in [1.807, 2.05) is 6.07 Å². The summed E-state index contributed by atoms with van der Waals surface area (Å²) in [5.74, 6) is 0.216. The smallest absolute Gasteiger partial charge is 0.179 e. The average molecular weight is 553 g/mol. The van der Waals surface area contributed by atoms with Crippen molar-refractivity contribution in [1.29, 1.82) is 0 Å². The summed E-state index contributed by atoms with van der Waals surface area (Å²) in [7, 11) is -3.39. The van der Waals surface area contributed by atoms with Crippen molar-refractivity contribution < 1.29 is 8.42 Å². The van der Waals surface area contributed by atoms with Crippen molar-refractivity contribution in [2.45, 2.75) is 116 Å². The first-order valence-electron chi connectivity index (χ1n) is 14.4. The maximum atomic E-state index is 13.7. The lowest BCUT2D eigenvalue weighted by atomic mass is 9.86. The van der Waals surface area contributed by atoms with Gasteiger partial charge in [-0.3, -0.25) is 0 Å². The van der Waals surface area contributed by atoms with E-state index in [1.54, 1.807) is 11.3 Å². The van der Waals surface area contributed by atoms with Gasteiger partial charge in [-0.2, -0.15) is 0 Å². The fraction of sp³-hybridized carbons (Fsp3) is 0.529. The zero-order valence-corrected chi connectivity index (χ0v) is 26.3. The summed E-state index contributed by atoms with van der Waals surface area (Å²) in [6.07, 6.45) is 9.14. The number of unbranched alkanes of at least 4 members (excludes halogenated alkanes) is 7. The topological polar surface area (TPSA) is 34.1 Å². The first-order chi connectivity index (χ1) is 17.8. The number of rotatable bonds is 12. The second-order valence-electron chi connectivity index (χ2n) is 12.8. The molecule has 0 radical (unpaired) electrons. The van der Waals surface area contributed by atoms with Crippen molar-refractivity contribution in [3.8, 4) is 20.9 Å². The van der Waals surface area contributed by atoms with Crippen molar-refractivity contribution in [2.24, 2.45) is 0 Å². The fourth-order valence-electron chi connectivity index (χ4n) is 4.74. The van der Waals surface area contributed by atoms with Crippen LogP contribution in [0, 0.1) is 0 Å². The Morgan fingerprint density at radius 3 is 1.55 bits per heavy atom. The Bertz CT molecular complexity index is 1250. The minimum Gasteiger partial charge on any atom is -0.224 e. The van der Waals surface area contributed by atoms with Crippen LogP contribution in [0.5, 0.6) is 0 Å². The summed E-state index contributed by atoms with van der Waals surface area (Å²) in [6.45, 7) is 15.5. The number of sulfone groups is 1. The van der Waals surface area contributed by atoms with E-state index in [-0.39, 0.29) is 16.6 Å². The van der Waals surface area contributed by atoms with Gasteiger partial charge in [0.25, 0.3) is 0 Å². The number of thiophene rings is 1. The molecule has 208 valence electrons. The lowest BCUT2D eigenvalue weighted by Crippen LogP contribution is -2.10. The van der Waals surface area contributed by atoms with Crippen LogP contribution in [0.2, 0.25) is 0 Å². The third-order valence-corrected chi connectivity index (χ3v) is 10.5. The molecule has 0 unspecified atom stereocenters. The van der Waals surface area contributed by atoms with Crippen LogP contribution in [0.3, 0.4) is 0 Å². The van der Waals surface area contributed by atoms with Crippen LogP contribution in [0.15, 0.2) is 59.5 Å². The van der Waals surface area contributed by atoms with Crippen molar-refractivity contribution in [3.63, 3.8) is 0 Å². The molecule has 0 aliphatic heterocycles. The molecule has 0 atom stereocenters. The van der Waals surface area contributed by atoms with Gasteiger partial charge in [0, 0.05) is 4.88 Å². The third-order valence-electron chi connectivity index (χ3n) is 7.35. The van der Waals surface area contributed by atoms with E-state index < -0.39 is 9.84 Å². The Hall–Kier alpha value is -1.91. The van der Waals surface area contributed by atoms with E-state index in [0.717, 1.165) is 40.1 Å². The molecule has 3 aromatic rings. The highest BCUT2D eigenvalue weighted by atomic mass is 32.2. The van der Waals surface area contributed by atoms with E-state index in [0.29, 0.717) is 4.90 Å². The molecular formula is C34H48O2S2. The van der Waals surface area contributed by atoms with Crippen molar-refractivity contribution in [1.82, 2.24) is 0 Å². The minimum atomic E-state index is -3.39. The molecule has 1 heterocycles. The summed E-state index contributed by atoms with van der Waals surface area (Å²) in [5.41, 5.74) is 4.72. The van der Waals surface area contributed by atoms with Crippen LogP contribution in [-0.4, -0.2) is 14.2 Å². The summed E-state index contributed by atoms with van der Waals surface area (Å²) in [6, 6.07) is 19.0. The second-order valence-corrected chi connectivity index (χ2v) is 15.9. The van der Waals surface area contributed by atoms with Gasteiger partial charge in [0.2, 0.25) is 0 Å². The standard InChI is InChI=1S/C34H48O2S2/c1-8-9-10-11-12-13-14-15-24-38(35,36)31-25-30(26-16-20-28(21-17-26)33(2,3)4)37-32(31)27-18-22-29(23-19-27)34(5,6)7/h16-23,25H,8-15,24H2,1-7H3. The zero-order chi connectivity index (χ0) is 28.0. The molecule has 0 spiro atoms. The highest BCUT2D eigenvalue weighted by Gasteiger charge is 2.24. The van der Waals surface area contributed by atoms with Crippen LogP contribution in [0.4, 0.5) is 0 Å². The maximum Gasteiger partial charge on any atom is 0.179 e. The molecule has 0 fully saturated rings. The van der Waals surface area contributed by atoms with Gasteiger partial charge in [0.1, 0.15) is 0 Å². The van der Waals surface area contributed by atoms with Crippen molar-refractivity contribution in [2.75, 3.05) is 5.75 Å². The molecule has 4 heteroatoms. The van der Waals surface area contributed by atoms with Gasteiger partial charge in [-0.25, -0.2) is 8.42 Å². The van der Waals surface area contributed by atoms with E-state index in [1.165, 1.54) is 43.2 Å². The second kappa shape index (κ2) is 13.0. The Morgan fingerprint density at radius 2 is 1.08 bits per heavy atom. The monoisotopic (exact) mass is 552 g/mol. The van der Waals surface area contributed by atoms with Gasteiger partial charge in [-0.05, 0) is 45.6 Å². The van der Waals surface area contributed by atoms with Gasteiger partial charge >= 0.3 is 0 Å². The molecule has 0 N–H and O–H groups in total. The number of hydrogen-bond acceptors (Lipinski definition) is 3. The van der Waals surface area contributed by atoms with Crippen LogP contribution in [0.1, 0.15) is 111 Å². The average Bonchev–Trinajstić information content (AvgIpc) is 3.31. The van der Waals surface area contributed by atoms with Crippen LogP contribution < -0.4 is 0 Å². The van der Waals surface area contributed by atoms with Gasteiger partial charge in [-0.1, -0.05) is 142 Å². The maximum absolute atomic E-state index is 13.7. The van der Waals surface area contributed by atoms with E-state index in [2.05, 4.69) is 97.0 Å². The Morgan fingerprint density at radius 1 is 0.632 bits per heavy atom. The molecule has 0 bridgehead atoms. The molecule has 0 saturated carbocycles. The quantitative estimate of drug-likeness (QED) is 0.209. The summed E-state index contributed by atoms with van der Waals surface area (Å²) in [5, 5.41) is 0. The van der Waals surface area contributed by atoms with E-state index >= 15 is 0 Å². The first-order valence-corrected chi connectivity index (χ1v) is 16.9. The molecule has 2 nitrogen and oxygen atoms in total. The van der Waals surface area contributed by atoms with Gasteiger partial charge in [0.05, 0.1) is 15.5 Å². The van der Waals surface area contributed by atoms with Gasteiger partial charge in [0.15, 0.2) is 9.84 Å². The normalized spacial score (nSPS) is 12.7. The Labute approximate surface area is 236 Å². The third kappa shape index (κ3) is 8.29. The highest BCUT2D eigenvalue weighted by molar-refractivity contribution is 7.91. The highest BCUT2D eigenvalue weighted by Crippen LogP contribution is 2.42. The number of hydrogen-bond donors (Lipinski definition) is 0. The van der Waals surface area contributed by atoms with E-state index in [4.69, 9.17) is 0 Å². The number of benzene rings is 2. The SMILES string of the molecule is CCCCCCCCCCS(=O)(=O)c1cc(-c2ccc(C(C)(C)C)cc2)sc1-c1ccc(C(C)(C)C)cc1. The molecule has 0 aliphatic carbocycles. The van der Waals surface area contributed by atoms with Crippen LogP contribution in [0.25, 0.3) is 20.9 Å². The van der Waals surface area contributed by atoms with Gasteiger partial charge < -0.3 is 0 Å². The predicted molar refractivity (Wildman–Crippen MR) is 167 cm³/mol. The van der Waals surface area contributed by atoms with Crippen LogP contribution >= 0.6 is 11.3 Å². The molecule has 0 aliphatic rings. The fourth-order valence-corrected chi connectivity index (χ4v) is 7.89. The van der Waals surface area contributed by atoms with Gasteiger partial charge in [-0.15, -0.1) is 11.3 Å². The lowest BCUT2D eigenvalue weighted by Gasteiger charge is -2.19. The molecule has 2 aromatic carbocycles. The molecule has 38 heavy (non-hydrogen) atoms. The largest absolute Gasteiger partial charge is 0.224 e. The van der Waals surface area contributed by atoms with E-state index in [9.17, 15) is 8.42 Å². The predicted octanol–water partition coefficient (Wildman–Crippen LogP) is 10.6. The summed E-state index contributed by atoms with van der Waals surface area (Å²) < 4.78 is 27.3. The lowest BCUT2D eigenvalue weighted by molar-refractivity contribution is 0.573. The van der Waals surface area contributed by atoms with Crippen LogP contribution in [-0.2, 0) is 20.7 Å². The molecule has 3 rings (SSSR count). The summed E-state index contributed by atoms with van der Waals surface area (Å²) in [4.78, 5) is 2.36. The molecule has 0 saturated heterocycles. The summed E-state index contributed by atoms with van der Waals surface area (Å²) >= 11 is 1.60. The Balaban J connectivity index is 1.88.